The highest BCUT2D eigenvalue weighted by Crippen LogP contribution is 2.19. The molecule has 0 spiro atoms. The predicted molar refractivity (Wildman–Crippen MR) is 77.4 cm³/mol. The molecular formula is C13H11IN2. The number of benzene rings is 2. The van der Waals surface area contributed by atoms with Crippen molar-refractivity contribution in [3.8, 4) is 0 Å². The summed E-state index contributed by atoms with van der Waals surface area (Å²) in [5, 5.41) is 3.13. The van der Waals surface area contributed by atoms with Gasteiger partial charge in [-0.25, -0.2) is 4.99 Å². The number of aliphatic imine (C=N–C) groups is 1. The van der Waals surface area contributed by atoms with E-state index >= 15 is 0 Å². The van der Waals surface area contributed by atoms with E-state index in [2.05, 4.69) is 32.9 Å². The second kappa shape index (κ2) is 5.65. The molecule has 1 N–H and O–H groups in total. The van der Waals surface area contributed by atoms with E-state index in [1.54, 1.807) is 6.34 Å². The number of rotatable bonds is 3. The quantitative estimate of drug-likeness (QED) is 0.514. The van der Waals surface area contributed by atoms with Crippen LogP contribution >= 0.6 is 22.6 Å². The Morgan fingerprint density at radius 2 is 1.62 bits per heavy atom. The van der Waals surface area contributed by atoms with E-state index in [1.807, 2.05) is 54.6 Å². The van der Waals surface area contributed by atoms with Crippen LogP contribution in [-0.2, 0) is 0 Å². The van der Waals surface area contributed by atoms with Crippen LogP contribution < -0.4 is 5.32 Å². The van der Waals surface area contributed by atoms with Crippen molar-refractivity contribution in [1.29, 1.82) is 0 Å². The summed E-state index contributed by atoms with van der Waals surface area (Å²) in [6.07, 6.45) is 1.72. The average Bonchev–Trinajstić information content (AvgIpc) is 2.33. The molecule has 0 aliphatic heterocycles. The topological polar surface area (TPSA) is 24.4 Å². The van der Waals surface area contributed by atoms with Gasteiger partial charge in [0, 0.05) is 9.26 Å². The molecule has 2 aromatic carbocycles. The highest BCUT2D eigenvalue weighted by molar-refractivity contribution is 14.1. The van der Waals surface area contributed by atoms with Gasteiger partial charge >= 0.3 is 0 Å². The molecule has 0 radical (unpaired) electrons. The van der Waals surface area contributed by atoms with E-state index in [0.29, 0.717) is 0 Å². The van der Waals surface area contributed by atoms with Crippen LogP contribution in [0.4, 0.5) is 11.4 Å². The van der Waals surface area contributed by atoms with Crippen molar-refractivity contribution in [2.24, 2.45) is 4.99 Å². The molecule has 0 aromatic heterocycles. The van der Waals surface area contributed by atoms with Gasteiger partial charge in [-0.05, 0) is 46.9 Å². The van der Waals surface area contributed by atoms with Gasteiger partial charge in [0.2, 0.25) is 0 Å². The van der Waals surface area contributed by atoms with Crippen LogP contribution in [0.5, 0.6) is 0 Å². The van der Waals surface area contributed by atoms with Crippen molar-refractivity contribution < 1.29 is 0 Å². The maximum Gasteiger partial charge on any atom is 0.0930 e. The lowest BCUT2D eigenvalue weighted by atomic mass is 10.3. The molecule has 0 amide bonds. The fourth-order valence-electron chi connectivity index (χ4n) is 1.27. The molecule has 0 saturated carbocycles. The van der Waals surface area contributed by atoms with E-state index in [9.17, 15) is 0 Å². The van der Waals surface area contributed by atoms with Crippen molar-refractivity contribution in [2.45, 2.75) is 0 Å². The third-order valence-corrected chi connectivity index (χ3v) is 2.97. The number of halogens is 1. The fraction of sp³-hybridized carbons (Fsp3) is 0. The third-order valence-electron chi connectivity index (χ3n) is 2.06. The summed E-state index contributed by atoms with van der Waals surface area (Å²) < 4.78 is 1.14. The molecule has 0 aliphatic carbocycles. The minimum atomic E-state index is 0.978. The Balaban J connectivity index is 2.03. The fourth-order valence-corrected chi connectivity index (χ4v) is 1.79. The van der Waals surface area contributed by atoms with Gasteiger partial charge in [0.15, 0.2) is 0 Å². The summed E-state index contributed by atoms with van der Waals surface area (Å²) in [6.45, 7) is 0. The van der Waals surface area contributed by atoms with Crippen molar-refractivity contribution in [3.63, 3.8) is 0 Å². The predicted octanol–water partition coefficient (Wildman–Crippen LogP) is 4.06. The summed E-state index contributed by atoms with van der Waals surface area (Å²) in [7, 11) is 0. The SMILES string of the molecule is Ic1ccccc1N=CNc1ccccc1. The minimum absolute atomic E-state index is 0.978. The molecule has 80 valence electrons. The summed E-state index contributed by atoms with van der Waals surface area (Å²) in [6, 6.07) is 18.0. The zero-order valence-corrected chi connectivity index (χ0v) is 10.8. The highest BCUT2D eigenvalue weighted by Gasteiger charge is 1.93. The Hall–Kier alpha value is -1.36. The Morgan fingerprint density at radius 3 is 2.38 bits per heavy atom. The molecule has 3 heteroatoms. The molecule has 16 heavy (non-hydrogen) atoms. The smallest absolute Gasteiger partial charge is 0.0930 e. The molecule has 2 nitrogen and oxygen atoms in total. The molecule has 2 aromatic rings. The van der Waals surface area contributed by atoms with Gasteiger partial charge in [0.05, 0.1) is 12.0 Å². The first-order valence-corrected chi connectivity index (χ1v) is 6.03. The van der Waals surface area contributed by atoms with Gasteiger partial charge < -0.3 is 5.32 Å². The van der Waals surface area contributed by atoms with Crippen molar-refractivity contribution in [3.05, 3.63) is 58.2 Å². The maximum atomic E-state index is 4.36. The first-order valence-electron chi connectivity index (χ1n) is 4.95. The van der Waals surface area contributed by atoms with Crippen LogP contribution in [0.3, 0.4) is 0 Å². The lowest BCUT2D eigenvalue weighted by Crippen LogP contribution is -1.93. The average molecular weight is 322 g/mol. The van der Waals surface area contributed by atoms with Crippen LogP contribution in [-0.4, -0.2) is 6.34 Å². The molecule has 0 heterocycles. The Bertz CT molecular complexity index is 480. The van der Waals surface area contributed by atoms with E-state index in [0.717, 1.165) is 14.9 Å². The van der Waals surface area contributed by atoms with Gasteiger partial charge in [-0.15, -0.1) is 0 Å². The summed E-state index contributed by atoms with van der Waals surface area (Å²) in [4.78, 5) is 4.36. The van der Waals surface area contributed by atoms with Gasteiger partial charge in [0.25, 0.3) is 0 Å². The number of hydrogen-bond acceptors (Lipinski definition) is 1. The standard InChI is InChI=1S/C13H11IN2/c14-12-8-4-5-9-13(12)16-10-15-11-6-2-1-3-7-11/h1-10H,(H,15,16). The summed E-state index contributed by atoms with van der Waals surface area (Å²) in [5.41, 5.74) is 2.02. The molecule has 2 rings (SSSR count). The van der Waals surface area contributed by atoms with Crippen molar-refractivity contribution in [1.82, 2.24) is 0 Å². The largest absolute Gasteiger partial charge is 0.346 e. The Morgan fingerprint density at radius 1 is 0.938 bits per heavy atom. The lowest BCUT2D eigenvalue weighted by molar-refractivity contribution is 1.49. The van der Waals surface area contributed by atoms with Gasteiger partial charge in [-0.2, -0.15) is 0 Å². The number of anilines is 1. The van der Waals surface area contributed by atoms with Crippen LogP contribution in [0.15, 0.2) is 59.6 Å². The first-order chi connectivity index (χ1) is 7.86. The summed E-state index contributed by atoms with van der Waals surface area (Å²) >= 11 is 2.27. The van der Waals surface area contributed by atoms with Crippen LogP contribution in [0.25, 0.3) is 0 Å². The van der Waals surface area contributed by atoms with E-state index in [4.69, 9.17) is 0 Å². The molecule has 0 aliphatic rings. The molecule has 0 bridgehead atoms. The van der Waals surface area contributed by atoms with Gasteiger partial charge in [-0.1, -0.05) is 30.3 Å². The highest BCUT2D eigenvalue weighted by atomic mass is 127. The number of hydrogen-bond donors (Lipinski definition) is 1. The normalized spacial score (nSPS) is 10.6. The van der Waals surface area contributed by atoms with Crippen LogP contribution in [0, 0.1) is 3.57 Å². The molecular weight excluding hydrogens is 311 g/mol. The Kier molecular flexibility index (Phi) is 3.93. The Labute approximate surface area is 109 Å². The van der Waals surface area contributed by atoms with Crippen molar-refractivity contribution in [2.75, 3.05) is 5.32 Å². The van der Waals surface area contributed by atoms with Gasteiger partial charge in [-0.3, -0.25) is 0 Å². The number of para-hydroxylation sites is 2. The van der Waals surface area contributed by atoms with Gasteiger partial charge in [0.1, 0.15) is 0 Å². The lowest BCUT2D eigenvalue weighted by Gasteiger charge is -1.99. The van der Waals surface area contributed by atoms with Crippen LogP contribution in [0.2, 0.25) is 0 Å². The number of nitrogens with one attached hydrogen (secondary N) is 1. The van der Waals surface area contributed by atoms with E-state index in [1.165, 1.54) is 0 Å². The second-order valence-electron chi connectivity index (χ2n) is 3.22. The molecule has 0 unspecified atom stereocenters. The third kappa shape index (κ3) is 3.06. The zero-order valence-electron chi connectivity index (χ0n) is 8.60. The van der Waals surface area contributed by atoms with Crippen LogP contribution in [0.1, 0.15) is 0 Å². The molecule has 0 atom stereocenters. The monoisotopic (exact) mass is 322 g/mol. The first kappa shape index (κ1) is 11.1. The molecule has 0 fully saturated rings. The summed E-state index contributed by atoms with van der Waals surface area (Å²) in [5.74, 6) is 0. The van der Waals surface area contributed by atoms with E-state index < -0.39 is 0 Å². The molecule has 0 saturated heterocycles. The maximum absolute atomic E-state index is 4.36. The van der Waals surface area contributed by atoms with Crippen molar-refractivity contribution >= 4 is 40.3 Å². The van der Waals surface area contributed by atoms with E-state index in [-0.39, 0.29) is 0 Å². The zero-order chi connectivity index (χ0) is 11.2. The number of nitrogens with zero attached hydrogens (tertiary/aromatic N) is 1. The minimum Gasteiger partial charge on any atom is -0.346 e. The second-order valence-corrected chi connectivity index (χ2v) is 4.38.